The average Bonchev–Trinajstić information content (AvgIpc) is 3.34. The first-order valence-corrected chi connectivity index (χ1v) is 8.49. The van der Waals surface area contributed by atoms with Crippen molar-refractivity contribution < 1.29 is 13.9 Å². The van der Waals surface area contributed by atoms with Gasteiger partial charge in [0.15, 0.2) is 17.1 Å². The van der Waals surface area contributed by atoms with Gasteiger partial charge in [0, 0.05) is 18.3 Å². The lowest BCUT2D eigenvalue weighted by atomic mass is 10.1. The maximum atomic E-state index is 13.0. The predicted octanol–water partition coefficient (Wildman–Crippen LogP) is 3.88. The van der Waals surface area contributed by atoms with E-state index in [1.54, 1.807) is 29.0 Å². The molecule has 7 heteroatoms. The Bertz CT molecular complexity index is 1120. The summed E-state index contributed by atoms with van der Waals surface area (Å²) in [5.74, 6) is 2.02. The average molecular weight is 362 g/mol. The van der Waals surface area contributed by atoms with Crippen LogP contribution in [0.25, 0.3) is 16.8 Å². The SMILES string of the molecule is Fc1ccc(CNc2ccnc3c(-c4ccc5c(c4)OCO5)cnn23)cc1. The monoisotopic (exact) mass is 362 g/mol. The molecule has 1 aliphatic rings. The molecule has 2 aromatic carbocycles. The zero-order valence-electron chi connectivity index (χ0n) is 14.2. The van der Waals surface area contributed by atoms with E-state index in [4.69, 9.17) is 9.47 Å². The third-order valence-corrected chi connectivity index (χ3v) is 4.47. The Morgan fingerprint density at radius 1 is 1.04 bits per heavy atom. The third-order valence-electron chi connectivity index (χ3n) is 4.47. The van der Waals surface area contributed by atoms with Gasteiger partial charge >= 0.3 is 0 Å². The normalized spacial score (nSPS) is 12.5. The minimum absolute atomic E-state index is 0.239. The highest BCUT2D eigenvalue weighted by Gasteiger charge is 2.16. The van der Waals surface area contributed by atoms with Gasteiger partial charge in [-0.2, -0.15) is 9.61 Å². The second-order valence-corrected chi connectivity index (χ2v) is 6.17. The lowest BCUT2D eigenvalue weighted by Crippen LogP contribution is -2.05. The van der Waals surface area contributed by atoms with Crippen molar-refractivity contribution in [3.63, 3.8) is 0 Å². The summed E-state index contributed by atoms with van der Waals surface area (Å²) < 4.78 is 25.6. The Kier molecular flexibility index (Phi) is 3.64. The zero-order valence-corrected chi connectivity index (χ0v) is 14.2. The molecule has 0 aliphatic carbocycles. The van der Waals surface area contributed by atoms with E-state index in [9.17, 15) is 4.39 Å². The fourth-order valence-corrected chi connectivity index (χ4v) is 3.09. The molecule has 0 fully saturated rings. The summed E-state index contributed by atoms with van der Waals surface area (Å²) >= 11 is 0. The van der Waals surface area contributed by atoms with Gasteiger partial charge in [0.2, 0.25) is 6.79 Å². The molecule has 0 atom stereocenters. The Hall–Kier alpha value is -3.61. The first-order valence-electron chi connectivity index (χ1n) is 8.49. The first kappa shape index (κ1) is 15.6. The topological polar surface area (TPSA) is 60.7 Å². The van der Waals surface area contributed by atoms with Gasteiger partial charge in [-0.25, -0.2) is 9.37 Å². The van der Waals surface area contributed by atoms with E-state index in [1.165, 1.54) is 12.1 Å². The van der Waals surface area contributed by atoms with Crippen molar-refractivity contribution in [3.8, 4) is 22.6 Å². The van der Waals surface area contributed by atoms with E-state index >= 15 is 0 Å². The quantitative estimate of drug-likeness (QED) is 0.597. The Morgan fingerprint density at radius 2 is 1.89 bits per heavy atom. The van der Waals surface area contributed by atoms with Gasteiger partial charge in [-0.1, -0.05) is 18.2 Å². The standard InChI is InChI=1S/C20H15FN4O2/c21-15-4-1-13(2-5-15)10-23-19-7-8-22-20-16(11-24-25(19)20)14-3-6-17-18(9-14)27-12-26-17/h1-9,11,23H,10,12H2. The second-order valence-electron chi connectivity index (χ2n) is 6.17. The third kappa shape index (κ3) is 2.83. The Balaban J connectivity index is 1.46. The van der Waals surface area contributed by atoms with E-state index in [1.807, 2.05) is 24.3 Å². The van der Waals surface area contributed by atoms with Crippen LogP contribution < -0.4 is 14.8 Å². The fraction of sp³-hybridized carbons (Fsp3) is 0.100. The fourth-order valence-electron chi connectivity index (χ4n) is 3.09. The predicted molar refractivity (Wildman–Crippen MR) is 98.3 cm³/mol. The minimum atomic E-state index is -0.245. The summed E-state index contributed by atoms with van der Waals surface area (Å²) in [6.07, 6.45) is 3.52. The molecule has 0 saturated carbocycles. The summed E-state index contributed by atoms with van der Waals surface area (Å²) in [5, 5.41) is 7.80. The first-order chi connectivity index (χ1) is 13.3. The van der Waals surface area contributed by atoms with Crippen LogP contribution in [0.15, 0.2) is 60.9 Å². The van der Waals surface area contributed by atoms with Crippen LogP contribution in [0.3, 0.4) is 0 Å². The number of fused-ring (bicyclic) bond motifs is 2. The van der Waals surface area contributed by atoms with E-state index in [0.717, 1.165) is 39.7 Å². The van der Waals surface area contributed by atoms with Gasteiger partial charge in [0.1, 0.15) is 11.6 Å². The highest BCUT2D eigenvalue weighted by molar-refractivity contribution is 5.79. The van der Waals surface area contributed by atoms with Gasteiger partial charge < -0.3 is 14.8 Å². The molecule has 0 spiro atoms. The highest BCUT2D eigenvalue weighted by atomic mass is 19.1. The van der Waals surface area contributed by atoms with Crippen molar-refractivity contribution >= 4 is 11.5 Å². The number of rotatable bonds is 4. The second kappa shape index (κ2) is 6.28. The van der Waals surface area contributed by atoms with Gasteiger partial charge in [0.05, 0.1) is 6.20 Å². The summed E-state index contributed by atoms with van der Waals surface area (Å²) in [5.41, 5.74) is 3.57. The van der Waals surface area contributed by atoms with E-state index in [-0.39, 0.29) is 12.6 Å². The Labute approximate surface area is 154 Å². The van der Waals surface area contributed by atoms with Crippen LogP contribution in [0.5, 0.6) is 11.5 Å². The molecule has 5 rings (SSSR count). The van der Waals surface area contributed by atoms with Crippen LogP contribution in [0.2, 0.25) is 0 Å². The van der Waals surface area contributed by atoms with Crippen LogP contribution in [0, 0.1) is 5.82 Å². The van der Waals surface area contributed by atoms with Crippen LogP contribution >= 0.6 is 0 Å². The van der Waals surface area contributed by atoms with Crippen molar-refractivity contribution in [2.24, 2.45) is 0 Å². The number of halogens is 1. The molecule has 3 heterocycles. The molecule has 2 aromatic heterocycles. The maximum absolute atomic E-state index is 13.0. The number of hydrogen-bond acceptors (Lipinski definition) is 5. The molecule has 27 heavy (non-hydrogen) atoms. The number of nitrogens with one attached hydrogen (secondary N) is 1. The van der Waals surface area contributed by atoms with Crippen LogP contribution in [-0.4, -0.2) is 21.4 Å². The maximum Gasteiger partial charge on any atom is 0.231 e. The van der Waals surface area contributed by atoms with Crippen molar-refractivity contribution in [1.29, 1.82) is 0 Å². The summed E-state index contributed by atoms with van der Waals surface area (Å²) in [4.78, 5) is 4.48. The van der Waals surface area contributed by atoms with Crippen molar-refractivity contribution in [1.82, 2.24) is 14.6 Å². The molecule has 1 aliphatic heterocycles. The molecule has 0 amide bonds. The van der Waals surface area contributed by atoms with Crippen molar-refractivity contribution in [3.05, 3.63) is 72.3 Å². The largest absolute Gasteiger partial charge is 0.454 e. The minimum Gasteiger partial charge on any atom is -0.454 e. The van der Waals surface area contributed by atoms with Crippen molar-refractivity contribution in [2.75, 3.05) is 12.1 Å². The van der Waals surface area contributed by atoms with Gasteiger partial charge in [-0.05, 0) is 41.5 Å². The number of nitrogens with zero attached hydrogens (tertiary/aromatic N) is 3. The molecule has 1 N–H and O–H groups in total. The number of benzene rings is 2. The number of hydrogen-bond donors (Lipinski definition) is 1. The molecular weight excluding hydrogens is 347 g/mol. The van der Waals surface area contributed by atoms with E-state index in [2.05, 4.69) is 15.4 Å². The summed E-state index contributed by atoms with van der Waals surface area (Å²) in [7, 11) is 0. The highest BCUT2D eigenvalue weighted by Crippen LogP contribution is 2.36. The number of anilines is 1. The molecule has 0 saturated heterocycles. The van der Waals surface area contributed by atoms with Crippen LogP contribution in [0.1, 0.15) is 5.56 Å². The molecular formula is C20H15FN4O2. The lowest BCUT2D eigenvalue weighted by Gasteiger charge is -2.08. The van der Waals surface area contributed by atoms with E-state index in [0.29, 0.717) is 6.54 Å². The zero-order chi connectivity index (χ0) is 18.2. The number of aromatic nitrogens is 3. The van der Waals surface area contributed by atoms with Crippen LogP contribution in [-0.2, 0) is 6.54 Å². The Morgan fingerprint density at radius 3 is 2.78 bits per heavy atom. The van der Waals surface area contributed by atoms with Gasteiger partial charge in [0.25, 0.3) is 0 Å². The number of ether oxygens (including phenoxy) is 2. The summed E-state index contributed by atoms with van der Waals surface area (Å²) in [6.45, 7) is 0.794. The summed E-state index contributed by atoms with van der Waals surface area (Å²) in [6, 6.07) is 14.0. The van der Waals surface area contributed by atoms with Crippen molar-refractivity contribution in [2.45, 2.75) is 6.54 Å². The van der Waals surface area contributed by atoms with E-state index < -0.39 is 0 Å². The van der Waals surface area contributed by atoms with Gasteiger partial charge in [-0.15, -0.1) is 0 Å². The van der Waals surface area contributed by atoms with Gasteiger partial charge in [-0.3, -0.25) is 0 Å². The molecule has 0 unspecified atom stereocenters. The lowest BCUT2D eigenvalue weighted by molar-refractivity contribution is 0.174. The molecule has 0 radical (unpaired) electrons. The molecule has 134 valence electrons. The molecule has 4 aromatic rings. The molecule has 0 bridgehead atoms. The molecule has 6 nitrogen and oxygen atoms in total. The van der Waals surface area contributed by atoms with Crippen LogP contribution in [0.4, 0.5) is 10.2 Å². The smallest absolute Gasteiger partial charge is 0.231 e.